The number of halogens is 3. The highest BCUT2D eigenvalue weighted by molar-refractivity contribution is 6.43. The van der Waals surface area contributed by atoms with Gasteiger partial charge in [0.1, 0.15) is 0 Å². The lowest BCUT2D eigenvalue weighted by atomic mass is 10.2. The molecule has 1 heterocycles. The Hall–Kier alpha value is -0.960. The highest BCUT2D eigenvalue weighted by Gasteiger charge is 2.05. The van der Waals surface area contributed by atoms with Gasteiger partial charge in [0.05, 0.1) is 20.8 Å². The zero-order valence-corrected chi connectivity index (χ0v) is 11.0. The molecule has 0 aliphatic heterocycles. The molecule has 0 spiro atoms. The van der Waals surface area contributed by atoms with E-state index in [1.165, 1.54) is 0 Å². The third-order valence-electron chi connectivity index (χ3n) is 2.28. The minimum Gasteiger partial charge on any atom is -0.380 e. The molecule has 2 aromatic rings. The summed E-state index contributed by atoms with van der Waals surface area (Å²) in [6, 6.07) is 7.30. The first-order valence-electron chi connectivity index (χ1n) is 4.95. The molecule has 2 rings (SSSR count). The molecule has 0 atom stereocenters. The van der Waals surface area contributed by atoms with Gasteiger partial charge in [-0.05, 0) is 23.8 Å². The quantitative estimate of drug-likeness (QED) is 0.888. The van der Waals surface area contributed by atoms with Gasteiger partial charge in [-0.3, -0.25) is 4.98 Å². The van der Waals surface area contributed by atoms with E-state index in [4.69, 9.17) is 34.8 Å². The van der Waals surface area contributed by atoms with Crippen molar-refractivity contribution in [2.24, 2.45) is 0 Å². The van der Waals surface area contributed by atoms with Crippen molar-refractivity contribution in [2.75, 3.05) is 5.32 Å². The number of nitrogens with one attached hydrogen (secondary N) is 1. The number of hydrogen-bond acceptors (Lipinski definition) is 2. The standard InChI is InChI=1S/C12H9Cl3N2/c13-9-2-1-3-11(12(9)15)17-6-8-4-5-16-7-10(8)14/h1-5,7,17H,6H2. The van der Waals surface area contributed by atoms with Gasteiger partial charge in [-0.25, -0.2) is 0 Å². The van der Waals surface area contributed by atoms with Crippen molar-refractivity contribution in [2.45, 2.75) is 6.54 Å². The normalized spacial score (nSPS) is 10.3. The second-order valence-corrected chi connectivity index (χ2v) is 4.61. The molecular weight excluding hydrogens is 279 g/mol. The van der Waals surface area contributed by atoms with Gasteiger partial charge in [-0.2, -0.15) is 0 Å². The highest BCUT2D eigenvalue weighted by atomic mass is 35.5. The molecule has 2 nitrogen and oxygen atoms in total. The van der Waals surface area contributed by atoms with Crippen LogP contribution in [0.15, 0.2) is 36.7 Å². The Kier molecular flexibility index (Phi) is 4.11. The molecule has 0 bridgehead atoms. The van der Waals surface area contributed by atoms with Gasteiger partial charge in [0, 0.05) is 18.9 Å². The Labute approximate surface area is 115 Å². The second-order valence-electron chi connectivity index (χ2n) is 3.42. The van der Waals surface area contributed by atoms with E-state index in [2.05, 4.69) is 10.3 Å². The van der Waals surface area contributed by atoms with E-state index in [9.17, 15) is 0 Å². The molecule has 0 aliphatic rings. The molecule has 1 N–H and O–H groups in total. The molecule has 0 aliphatic carbocycles. The molecule has 88 valence electrons. The third kappa shape index (κ3) is 3.03. The van der Waals surface area contributed by atoms with Crippen LogP contribution in [0.4, 0.5) is 5.69 Å². The van der Waals surface area contributed by atoms with Crippen LogP contribution in [0.2, 0.25) is 15.1 Å². The molecule has 0 radical (unpaired) electrons. The maximum absolute atomic E-state index is 6.06. The Balaban J connectivity index is 2.13. The summed E-state index contributed by atoms with van der Waals surface area (Å²) in [6.45, 7) is 0.571. The maximum atomic E-state index is 6.06. The fourth-order valence-electron chi connectivity index (χ4n) is 1.38. The molecule has 0 fully saturated rings. The first-order chi connectivity index (χ1) is 8.18. The fraction of sp³-hybridized carbons (Fsp3) is 0.0833. The lowest BCUT2D eigenvalue weighted by Crippen LogP contribution is -2.00. The monoisotopic (exact) mass is 286 g/mol. The summed E-state index contributed by atoms with van der Waals surface area (Å²) in [5, 5.41) is 4.84. The molecule has 0 saturated heterocycles. The predicted molar refractivity (Wildman–Crippen MR) is 73.0 cm³/mol. The number of benzene rings is 1. The Morgan fingerprint density at radius 3 is 2.65 bits per heavy atom. The van der Waals surface area contributed by atoms with E-state index in [1.807, 2.05) is 18.2 Å². The number of hydrogen-bond donors (Lipinski definition) is 1. The number of aromatic nitrogens is 1. The summed E-state index contributed by atoms with van der Waals surface area (Å²) in [5.41, 5.74) is 1.74. The lowest BCUT2D eigenvalue weighted by Gasteiger charge is -2.10. The lowest BCUT2D eigenvalue weighted by molar-refractivity contribution is 1.13. The predicted octanol–water partition coefficient (Wildman–Crippen LogP) is 4.65. The van der Waals surface area contributed by atoms with Crippen molar-refractivity contribution in [1.82, 2.24) is 4.98 Å². The zero-order valence-electron chi connectivity index (χ0n) is 8.75. The molecule has 0 saturated carbocycles. The van der Waals surface area contributed by atoms with Crippen molar-refractivity contribution in [3.05, 3.63) is 57.3 Å². The van der Waals surface area contributed by atoms with Crippen LogP contribution in [0, 0.1) is 0 Å². The number of pyridine rings is 1. The number of nitrogens with zero attached hydrogens (tertiary/aromatic N) is 1. The van der Waals surface area contributed by atoms with Crippen molar-refractivity contribution in [3.63, 3.8) is 0 Å². The van der Waals surface area contributed by atoms with Crippen LogP contribution in [0.25, 0.3) is 0 Å². The Bertz CT molecular complexity index is 529. The minimum atomic E-state index is 0.513. The van der Waals surface area contributed by atoms with Gasteiger partial charge in [-0.15, -0.1) is 0 Å². The number of rotatable bonds is 3. The summed E-state index contributed by atoms with van der Waals surface area (Å²) >= 11 is 18.0. The maximum Gasteiger partial charge on any atom is 0.0823 e. The summed E-state index contributed by atoms with van der Waals surface area (Å²) in [7, 11) is 0. The van der Waals surface area contributed by atoms with Crippen LogP contribution in [0.1, 0.15) is 5.56 Å². The van der Waals surface area contributed by atoms with Crippen molar-refractivity contribution in [1.29, 1.82) is 0 Å². The van der Waals surface area contributed by atoms with Gasteiger partial charge in [0.25, 0.3) is 0 Å². The van der Waals surface area contributed by atoms with Crippen molar-refractivity contribution in [3.8, 4) is 0 Å². The average molecular weight is 288 g/mol. The fourth-order valence-corrected chi connectivity index (χ4v) is 1.93. The largest absolute Gasteiger partial charge is 0.380 e. The van der Waals surface area contributed by atoms with E-state index in [-0.39, 0.29) is 0 Å². The zero-order chi connectivity index (χ0) is 12.3. The highest BCUT2D eigenvalue weighted by Crippen LogP contribution is 2.30. The summed E-state index contributed by atoms with van der Waals surface area (Å²) in [5.74, 6) is 0. The number of anilines is 1. The topological polar surface area (TPSA) is 24.9 Å². The molecule has 0 amide bonds. The minimum absolute atomic E-state index is 0.513. The van der Waals surface area contributed by atoms with Crippen LogP contribution in [-0.4, -0.2) is 4.98 Å². The molecule has 5 heteroatoms. The van der Waals surface area contributed by atoms with E-state index in [0.717, 1.165) is 11.3 Å². The smallest absolute Gasteiger partial charge is 0.0823 e. The summed E-state index contributed by atoms with van der Waals surface area (Å²) in [4.78, 5) is 3.92. The van der Waals surface area contributed by atoms with E-state index in [1.54, 1.807) is 18.5 Å². The van der Waals surface area contributed by atoms with Gasteiger partial charge in [0.15, 0.2) is 0 Å². The van der Waals surface area contributed by atoms with Crippen molar-refractivity contribution >= 4 is 40.5 Å². The summed E-state index contributed by atoms with van der Waals surface area (Å²) < 4.78 is 0. The van der Waals surface area contributed by atoms with Crippen molar-refractivity contribution < 1.29 is 0 Å². The third-order valence-corrected chi connectivity index (χ3v) is 3.44. The molecule has 1 aromatic carbocycles. The summed E-state index contributed by atoms with van der Waals surface area (Å²) in [6.07, 6.45) is 3.31. The molecule has 17 heavy (non-hydrogen) atoms. The molecule has 1 aromatic heterocycles. The SMILES string of the molecule is Clc1cnccc1CNc1cccc(Cl)c1Cl. The van der Waals surface area contributed by atoms with Gasteiger partial charge in [0.2, 0.25) is 0 Å². The van der Waals surface area contributed by atoms with Crippen LogP contribution in [0.5, 0.6) is 0 Å². The van der Waals surface area contributed by atoms with Gasteiger partial charge in [-0.1, -0.05) is 40.9 Å². The van der Waals surface area contributed by atoms with E-state index >= 15 is 0 Å². The van der Waals surface area contributed by atoms with Crippen LogP contribution in [0.3, 0.4) is 0 Å². The van der Waals surface area contributed by atoms with Gasteiger partial charge < -0.3 is 5.32 Å². The first-order valence-corrected chi connectivity index (χ1v) is 6.08. The van der Waals surface area contributed by atoms with Gasteiger partial charge >= 0.3 is 0 Å². The Morgan fingerprint density at radius 1 is 1.06 bits per heavy atom. The van der Waals surface area contributed by atoms with E-state index < -0.39 is 0 Å². The first kappa shape index (κ1) is 12.5. The molecular formula is C12H9Cl3N2. The van der Waals surface area contributed by atoms with Crippen LogP contribution in [-0.2, 0) is 6.54 Å². The van der Waals surface area contributed by atoms with Crippen LogP contribution >= 0.6 is 34.8 Å². The molecule has 0 unspecified atom stereocenters. The Morgan fingerprint density at radius 2 is 1.88 bits per heavy atom. The van der Waals surface area contributed by atoms with E-state index in [0.29, 0.717) is 21.6 Å². The average Bonchev–Trinajstić information content (AvgIpc) is 2.33. The second kappa shape index (κ2) is 5.58. The van der Waals surface area contributed by atoms with Crippen LogP contribution < -0.4 is 5.32 Å².